The summed E-state index contributed by atoms with van der Waals surface area (Å²) in [6.45, 7) is 6.70. The summed E-state index contributed by atoms with van der Waals surface area (Å²) in [5.74, 6) is 5.89. The van der Waals surface area contributed by atoms with Gasteiger partial charge in [0.05, 0.1) is 11.6 Å². The van der Waals surface area contributed by atoms with Gasteiger partial charge in [-0.05, 0) is 29.4 Å². The molecule has 1 saturated carbocycles. The number of hydrazine groups is 1. The molecule has 1 atom stereocenters. The zero-order valence-corrected chi connectivity index (χ0v) is 13.9. The van der Waals surface area contributed by atoms with Gasteiger partial charge in [0.25, 0.3) is 0 Å². The predicted octanol–water partition coefficient (Wildman–Crippen LogP) is 3.84. The number of hydrogen-bond donors (Lipinski definition) is 2. The summed E-state index contributed by atoms with van der Waals surface area (Å²) < 4.78 is 5.94. The maximum Gasteiger partial charge on any atom is 0.0885 e. The van der Waals surface area contributed by atoms with Crippen molar-refractivity contribution in [2.75, 3.05) is 7.11 Å². The van der Waals surface area contributed by atoms with Gasteiger partial charge in [-0.3, -0.25) is 11.3 Å². The molecule has 1 fully saturated rings. The minimum Gasteiger partial charge on any atom is -0.376 e. The van der Waals surface area contributed by atoms with Crippen molar-refractivity contribution < 1.29 is 4.74 Å². The third-order valence-electron chi connectivity index (χ3n) is 4.91. The van der Waals surface area contributed by atoms with Gasteiger partial charge in [0.15, 0.2) is 0 Å². The van der Waals surface area contributed by atoms with E-state index in [1.54, 1.807) is 0 Å². The van der Waals surface area contributed by atoms with Crippen LogP contribution in [0.4, 0.5) is 0 Å². The normalized spacial score (nSPS) is 20.2. The summed E-state index contributed by atoms with van der Waals surface area (Å²) in [4.78, 5) is 0. The van der Waals surface area contributed by atoms with Crippen molar-refractivity contribution in [2.45, 2.75) is 69.9 Å². The number of benzene rings is 1. The van der Waals surface area contributed by atoms with Gasteiger partial charge in [-0.15, -0.1) is 0 Å². The maximum absolute atomic E-state index is 5.94. The molecule has 3 nitrogen and oxygen atoms in total. The molecule has 1 aliphatic rings. The van der Waals surface area contributed by atoms with E-state index in [1.807, 2.05) is 7.11 Å². The Morgan fingerprint density at radius 2 is 1.67 bits per heavy atom. The number of hydrogen-bond acceptors (Lipinski definition) is 3. The van der Waals surface area contributed by atoms with Crippen molar-refractivity contribution in [3.05, 3.63) is 35.4 Å². The zero-order chi connectivity index (χ0) is 15.5. The van der Waals surface area contributed by atoms with Crippen molar-refractivity contribution >= 4 is 0 Å². The molecule has 1 unspecified atom stereocenters. The molecule has 3 heteroatoms. The number of methoxy groups -OCH3 is 1. The summed E-state index contributed by atoms with van der Waals surface area (Å²) >= 11 is 0. The lowest BCUT2D eigenvalue weighted by Crippen LogP contribution is -2.49. The van der Waals surface area contributed by atoms with Crippen LogP contribution in [-0.2, 0) is 10.2 Å². The smallest absolute Gasteiger partial charge is 0.0885 e. The molecular formula is C18H30N2O. The Morgan fingerprint density at radius 3 is 2.10 bits per heavy atom. The van der Waals surface area contributed by atoms with E-state index in [-0.39, 0.29) is 17.1 Å². The fourth-order valence-electron chi connectivity index (χ4n) is 3.49. The molecule has 1 aromatic rings. The van der Waals surface area contributed by atoms with Crippen LogP contribution in [0.3, 0.4) is 0 Å². The Hall–Kier alpha value is -0.900. The van der Waals surface area contributed by atoms with E-state index in [2.05, 4.69) is 50.5 Å². The van der Waals surface area contributed by atoms with Gasteiger partial charge in [0.2, 0.25) is 0 Å². The summed E-state index contributed by atoms with van der Waals surface area (Å²) in [6, 6.07) is 8.87. The van der Waals surface area contributed by atoms with E-state index in [4.69, 9.17) is 10.6 Å². The topological polar surface area (TPSA) is 47.3 Å². The highest BCUT2D eigenvalue weighted by atomic mass is 16.5. The fourth-order valence-corrected chi connectivity index (χ4v) is 3.49. The number of rotatable bonds is 4. The second-order valence-corrected chi connectivity index (χ2v) is 7.30. The minimum absolute atomic E-state index is 0.0526. The molecular weight excluding hydrogens is 260 g/mol. The van der Waals surface area contributed by atoms with Crippen molar-refractivity contribution in [1.29, 1.82) is 0 Å². The number of nitrogens with two attached hydrogens (primary N) is 1. The zero-order valence-electron chi connectivity index (χ0n) is 13.9. The van der Waals surface area contributed by atoms with Crippen molar-refractivity contribution in [3.63, 3.8) is 0 Å². The molecule has 0 saturated heterocycles. The first kappa shape index (κ1) is 16.5. The molecule has 0 amide bonds. The van der Waals surface area contributed by atoms with Gasteiger partial charge in [-0.25, -0.2) is 0 Å². The Kier molecular flexibility index (Phi) is 5.07. The largest absolute Gasteiger partial charge is 0.376 e. The molecule has 0 aromatic heterocycles. The standard InChI is InChI=1S/C18H30N2O/c1-17(2,3)15-10-8-14(9-11-15)16(20-19)18(21-4)12-6-5-7-13-18/h8-11,16,20H,5-7,12-13,19H2,1-4H3. The lowest BCUT2D eigenvalue weighted by molar-refractivity contribution is -0.0688. The Morgan fingerprint density at radius 1 is 1.10 bits per heavy atom. The van der Waals surface area contributed by atoms with E-state index < -0.39 is 0 Å². The lowest BCUT2D eigenvalue weighted by Gasteiger charge is -2.42. The van der Waals surface area contributed by atoms with Gasteiger partial charge >= 0.3 is 0 Å². The van der Waals surface area contributed by atoms with Gasteiger partial charge < -0.3 is 4.74 Å². The van der Waals surface area contributed by atoms with Crippen LogP contribution in [0, 0.1) is 0 Å². The highest BCUT2D eigenvalue weighted by Crippen LogP contribution is 2.41. The number of nitrogens with one attached hydrogen (secondary N) is 1. The lowest BCUT2D eigenvalue weighted by atomic mass is 9.76. The molecule has 0 bridgehead atoms. The molecule has 0 heterocycles. The second kappa shape index (κ2) is 6.47. The molecule has 2 rings (SSSR count). The monoisotopic (exact) mass is 290 g/mol. The summed E-state index contributed by atoms with van der Waals surface area (Å²) in [6.07, 6.45) is 5.86. The highest BCUT2D eigenvalue weighted by molar-refractivity contribution is 5.30. The fraction of sp³-hybridized carbons (Fsp3) is 0.667. The number of ether oxygens (including phenoxy) is 1. The SMILES string of the molecule is COC1(C(NN)c2ccc(C(C)(C)C)cc2)CCCCC1. The van der Waals surface area contributed by atoms with Crippen LogP contribution in [0.5, 0.6) is 0 Å². The highest BCUT2D eigenvalue weighted by Gasteiger charge is 2.40. The Labute approximate surface area is 129 Å². The molecule has 0 spiro atoms. The molecule has 3 N–H and O–H groups in total. The minimum atomic E-state index is -0.170. The van der Waals surface area contributed by atoms with Crippen LogP contribution < -0.4 is 11.3 Å². The van der Waals surface area contributed by atoms with Crippen LogP contribution >= 0.6 is 0 Å². The van der Waals surface area contributed by atoms with Crippen molar-refractivity contribution in [2.24, 2.45) is 5.84 Å². The van der Waals surface area contributed by atoms with Crippen molar-refractivity contribution in [1.82, 2.24) is 5.43 Å². The molecule has 1 aromatic carbocycles. The third kappa shape index (κ3) is 3.47. The first-order valence-corrected chi connectivity index (χ1v) is 8.05. The van der Waals surface area contributed by atoms with E-state index in [9.17, 15) is 0 Å². The quantitative estimate of drug-likeness (QED) is 0.654. The molecule has 0 radical (unpaired) electrons. The second-order valence-electron chi connectivity index (χ2n) is 7.30. The molecule has 1 aliphatic carbocycles. The average molecular weight is 290 g/mol. The molecule has 118 valence electrons. The Balaban J connectivity index is 2.28. The van der Waals surface area contributed by atoms with Crippen LogP contribution in [0.25, 0.3) is 0 Å². The molecule has 0 aliphatic heterocycles. The maximum atomic E-state index is 5.94. The first-order valence-electron chi connectivity index (χ1n) is 8.05. The van der Waals surface area contributed by atoms with Crippen LogP contribution in [0.2, 0.25) is 0 Å². The van der Waals surface area contributed by atoms with Crippen LogP contribution in [-0.4, -0.2) is 12.7 Å². The van der Waals surface area contributed by atoms with Crippen LogP contribution in [0.15, 0.2) is 24.3 Å². The summed E-state index contributed by atoms with van der Waals surface area (Å²) in [5.41, 5.74) is 5.58. The van der Waals surface area contributed by atoms with Gasteiger partial charge in [-0.2, -0.15) is 0 Å². The molecule has 21 heavy (non-hydrogen) atoms. The van der Waals surface area contributed by atoms with Crippen LogP contribution in [0.1, 0.15) is 70.0 Å². The Bertz CT molecular complexity index is 441. The third-order valence-corrected chi connectivity index (χ3v) is 4.91. The van der Waals surface area contributed by atoms with Gasteiger partial charge in [0.1, 0.15) is 0 Å². The van der Waals surface area contributed by atoms with Gasteiger partial charge in [0, 0.05) is 7.11 Å². The van der Waals surface area contributed by atoms with E-state index in [0.717, 1.165) is 12.8 Å². The summed E-state index contributed by atoms with van der Waals surface area (Å²) in [7, 11) is 1.82. The predicted molar refractivity (Wildman–Crippen MR) is 88.0 cm³/mol. The van der Waals surface area contributed by atoms with E-state index in [0.29, 0.717) is 0 Å². The average Bonchev–Trinajstić information content (AvgIpc) is 2.48. The van der Waals surface area contributed by atoms with Gasteiger partial charge in [-0.1, -0.05) is 64.3 Å². The van der Waals surface area contributed by atoms with E-state index in [1.165, 1.54) is 30.4 Å². The van der Waals surface area contributed by atoms with Crippen molar-refractivity contribution in [3.8, 4) is 0 Å². The van der Waals surface area contributed by atoms with E-state index >= 15 is 0 Å². The summed E-state index contributed by atoms with van der Waals surface area (Å²) in [5, 5.41) is 0. The first-order chi connectivity index (χ1) is 9.93.